The SMILES string of the molecule is COc1ccc(C(C)(N)C(c2ccccc2)N(C)C)cc1. The van der Waals surface area contributed by atoms with E-state index in [9.17, 15) is 0 Å². The van der Waals surface area contributed by atoms with Crippen molar-refractivity contribution in [2.24, 2.45) is 5.73 Å². The first-order valence-electron chi connectivity index (χ1n) is 7.11. The molecule has 0 saturated heterocycles. The van der Waals surface area contributed by atoms with Gasteiger partial charge in [-0.05, 0) is 44.3 Å². The monoisotopic (exact) mass is 284 g/mol. The van der Waals surface area contributed by atoms with Gasteiger partial charge in [-0.1, -0.05) is 42.5 Å². The van der Waals surface area contributed by atoms with E-state index in [1.807, 2.05) is 30.3 Å². The van der Waals surface area contributed by atoms with Crippen molar-refractivity contribution >= 4 is 0 Å². The van der Waals surface area contributed by atoms with E-state index in [1.165, 1.54) is 5.56 Å². The molecule has 2 aromatic carbocycles. The molecule has 0 amide bonds. The molecule has 0 spiro atoms. The highest BCUT2D eigenvalue weighted by molar-refractivity contribution is 5.35. The maximum absolute atomic E-state index is 6.72. The van der Waals surface area contributed by atoms with Crippen molar-refractivity contribution in [3.8, 4) is 5.75 Å². The Labute approximate surface area is 127 Å². The lowest BCUT2D eigenvalue weighted by molar-refractivity contribution is 0.191. The molecular formula is C18H24N2O. The van der Waals surface area contributed by atoms with Crippen molar-refractivity contribution in [3.05, 3.63) is 65.7 Å². The van der Waals surface area contributed by atoms with Crippen molar-refractivity contribution in [2.75, 3.05) is 21.2 Å². The molecule has 0 aliphatic heterocycles. The lowest BCUT2D eigenvalue weighted by atomic mass is 9.81. The largest absolute Gasteiger partial charge is 0.497 e. The number of rotatable bonds is 5. The summed E-state index contributed by atoms with van der Waals surface area (Å²) in [5.74, 6) is 0.843. The van der Waals surface area contributed by atoms with Gasteiger partial charge in [0.1, 0.15) is 5.75 Å². The molecule has 0 aliphatic rings. The molecule has 2 atom stereocenters. The summed E-state index contributed by atoms with van der Waals surface area (Å²) >= 11 is 0. The average molecular weight is 284 g/mol. The van der Waals surface area contributed by atoms with Gasteiger partial charge in [-0.2, -0.15) is 0 Å². The van der Waals surface area contributed by atoms with Gasteiger partial charge in [-0.3, -0.25) is 0 Å². The van der Waals surface area contributed by atoms with Crippen LogP contribution in [0.25, 0.3) is 0 Å². The smallest absolute Gasteiger partial charge is 0.118 e. The van der Waals surface area contributed by atoms with Gasteiger partial charge in [0.15, 0.2) is 0 Å². The molecule has 0 bridgehead atoms. The van der Waals surface area contributed by atoms with E-state index in [2.05, 4.69) is 50.2 Å². The molecule has 0 fully saturated rings. The van der Waals surface area contributed by atoms with Crippen molar-refractivity contribution in [3.63, 3.8) is 0 Å². The quantitative estimate of drug-likeness (QED) is 0.916. The van der Waals surface area contributed by atoms with Gasteiger partial charge in [-0.25, -0.2) is 0 Å². The first-order valence-corrected chi connectivity index (χ1v) is 7.11. The van der Waals surface area contributed by atoms with Gasteiger partial charge in [0, 0.05) is 0 Å². The van der Waals surface area contributed by atoms with Crippen LogP contribution < -0.4 is 10.5 Å². The summed E-state index contributed by atoms with van der Waals surface area (Å²) in [6.07, 6.45) is 0. The van der Waals surface area contributed by atoms with Gasteiger partial charge >= 0.3 is 0 Å². The molecule has 0 saturated carbocycles. The second-order valence-electron chi connectivity index (χ2n) is 5.79. The number of nitrogens with two attached hydrogens (primary N) is 1. The number of hydrogen-bond donors (Lipinski definition) is 1. The molecule has 2 unspecified atom stereocenters. The summed E-state index contributed by atoms with van der Waals surface area (Å²) in [5.41, 5.74) is 8.52. The first kappa shape index (κ1) is 15.5. The zero-order valence-electron chi connectivity index (χ0n) is 13.2. The molecule has 2 aromatic rings. The summed E-state index contributed by atoms with van der Waals surface area (Å²) in [7, 11) is 5.79. The highest BCUT2D eigenvalue weighted by atomic mass is 16.5. The Balaban J connectivity index is 2.42. The van der Waals surface area contributed by atoms with E-state index in [4.69, 9.17) is 10.5 Å². The number of nitrogens with zero attached hydrogens (tertiary/aromatic N) is 1. The van der Waals surface area contributed by atoms with Crippen LogP contribution in [0.15, 0.2) is 54.6 Å². The number of ether oxygens (including phenoxy) is 1. The second-order valence-corrected chi connectivity index (χ2v) is 5.79. The molecule has 0 radical (unpaired) electrons. The summed E-state index contributed by atoms with van der Waals surface area (Å²) in [4.78, 5) is 2.17. The Bertz CT molecular complexity index is 562. The molecule has 2 rings (SSSR count). The van der Waals surface area contributed by atoms with Gasteiger partial charge in [0.25, 0.3) is 0 Å². The van der Waals surface area contributed by atoms with E-state index in [0.29, 0.717) is 0 Å². The minimum absolute atomic E-state index is 0.0899. The Hall–Kier alpha value is -1.84. The van der Waals surface area contributed by atoms with Crippen LogP contribution in [0.3, 0.4) is 0 Å². The molecule has 0 aliphatic carbocycles. The molecule has 0 aromatic heterocycles. The predicted octanol–water partition coefficient (Wildman–Crippen LogP) is 3.17. The number of methoxy groups -OCH3 is 1. The maximum Gasteiger partial charge on any atom is 0.118 e. The summed E-state index contributed by atoms with van der Waals surface area (Å²) in [6.45, 7) is 2.08. The van der Waals surface area contributed by atoms with Gasteiger partial charge in [-0.15, -0.1) is 0 Å². The lowest BCUT2D eigenvalue weighted by Gasteiger charge is -2.39. The standard InChI is InChI=1S/C18H24N2O/c1-18(19,15-10-12-16(21-4)13-11-15)17(20(2)3)14-8-6-5-7-9-14/h5-13,17H,19H2,1-4H3. The topological polar surface area (TPSA) is 38.5 Å². The summed E-state index contributed by atoms with van der Waals surface area (Å²) in [6, 6.07) is 18.5. The minimum atomic E-state index is -0.503. The Kier molecular flexibility index (Phi) is 4.66. The van der Waals surface area contributed by atoms with Crippen LogP contribution in [0.5, 0.6) is 5.75 Å². The Morgan fingerprint density at radius 3 is 2.05 bits per heavy atom. The Morgan fingerprint density at radius 1 is 1.00 bits per heavy atom. The van der Waals surface area contributed by atoms with Gasteiger partial charge in [0.05, 0.1) is 18.7 Å². The van der Waals surface area contributed by atoms with Crippen LogP contribution in [0.4, 0.5) is 0 Å². The zero-order valence-corrected chi connectivity index (χ0v) is 13.2. The molecule has 0 heterocycles. The zero-order chi connectivity index (χ0) is 15.5. The number of hydrogen-bond acceptors (Lipinski definition) is 3. The molecule has 112 valence electrons. The third kappa shape index (κ3) is 3.26. The van der Waals surface area contributed by atoms with Crippen LogP contribution in [0, 0.1) is 0 Å². The fraction of sp³-hybridized carbons (Fsp3) is 0.333. The molecule has 3 heteroatoms. The number of likely N-dealkylation sites (N-methyl/N-ethyl adjacent to an activating group) is 1. The van der Waals surface area contributed by atoms with Crippen molar-refractivity contribution in [1.29, 1.82) is 0 Å². The third-order valence-electron chi connectivity index (χ3n) is 3.91. The van der Waals surface area contributed by atoms with Crippen LogP contribution >= 0.6 is 0 Å². The van der Waals surface area contributed by atoms with E-state index >= 15 is 0 Å². The van der Waals surface area contributed by atoms with Crippen molar-refractivity contribution in [1.82, 2.24) is 4.90 Å². The minimum Gasteiger partial charge on any atom is -0.497 e. The second kappa shape index (κ2) is 6.29. The summed E-state index contributed by atoms with van der Waals surface area (Å²) < 4.78 is 5.22. The first-order chi connectivity index (χ1) is 9.96. The predicted molar refractivity (Wildman–Crippen MR) is 87.4 cm³/mol. The van der Waals surface area contributed by atoms with Crippen LogP contribution in [-0.2, 0) is 5.54 Å². The van der Waals surface area contributed by atoms with Crippen molar-refractivity contribution < 1.29 is 4.74 Å². The summed E-state index contributed by atoms with van der Waals surface area (Å²) in [5, 5.41) is 0. The maximum atomic E-state index is 6.72. The van der Waals surface area contributed by atoms with Crippen LogP contribution in [0.1, 0.15) is 24.1 Å². The fourth-order valence-electron chi connectivity index (χ4n) is 2.92. The molecule has 3 nitrogen and oxygen atoms in total. The lowest BCUT2D eigenvalue weighted by Crippen LogP contribution is -2.45. The van der Waals surface area contributed by atoms with E-state index < -0.39 is 5.54 Å². The van der Waals surface area contributed by atoms with Crippen LogP contribution in [0.2, 0.25) is 0 Å². The van der Waals surface area contributed by atoms with Crippen molar-refractivity contribution in [2.45, 2.75) is 18.5 Å². The van der Waals surface area contributed by atoms with E-state index in [1.54, 1.807) is 7.11 Å². The third-order valence-corrected chi connectivity index (χ3v) is 3.91. The number of benzene rings is 2. The van der Waals surface area contributed by atoms with E-state index in [0.717, 1.165) is 11.3 Å². The normalized spacial score (nSPS) is 15.5. The Morgan fingerprint density at radius 2 is 1.57 bits per heavy atom. The molecular weight excluding hydrogens is 260 g/mol. The highest BCUT2D eigenvalue weighted by Gasteiger charge is 2.34. The van der Waals surface area contributed by atoms with E-state index in [-0.39, 0.29) is 6.04 Å². The average Bonchev–Trinajstić information content (AvgIpc) is 2.48. The van der Waals surface area contributed by atoms with Crippen LogP contribution in [-0.4, -0.2) is 26.1 Å². The van der Waals surface area contributed by atoms with Gasteiger partial charge in [0.2, 0.25) is 0 Å². The molecule has 21 heavy (non-hydrogen) atoms. The highest BCUT2D eigenvalue weighted by Crippen LogP contribution is 2.36. The fourth-order valence-corrected chi connectivity index (χ4v) is 2.92. The van der Waals surface area contributed by atoms with Gasteiger partial charge < -0.3 is 15.4 Å². The molecule has 2 N–H and O–H groups in total.